The number of rotatable bonds is 9. The Balaban J connectivity index is 1.78. The van der Waals surface area contributed by atoms with Gasteiger partial charge in [0.2, 0.25) is 0 Å². The predicted octanol–water partition coefficient (Wildman–Crippen LogP) is 5.16. The van der Waals surface area contributed by atoms with Crippen LogP contribution in [0.15, 0.2) is 60.7 Å². The van der Waals surface area contributed by atoms with Crippen molar-refractivity contribution in [3.63, 3.8) is 0 Å². The Hall–Kier alpha value is -2.29. The summed E-state index contributed by atoms with van der Waals surface area (Å²) >= 11 is 0. The third-order valence-corrected chi connectivity index (χ3v) is 5.54. The summed E-state index contributed by atoms with van der Waals surface area (Å²) < 4.78 is 0. The van der Waals surface area contributed by atoms with Gasteiger partial charge in [0.1, 0.15) is 0 Å². The van der Waals surface area contributed by atoms with Gasteiger partial charge in [-0.05, 0) is 30.4 Å². The van der Waals surface area contributed by atoms with Crippen LogP contribution in [-0.4, -0.2) is 23.0 Å². The van der Waals surface area contributed by atoms with Gasteiger partial charge < -0.3 is 10.2 Å². The van der Waals surface area contributed by atoms with E-state index in [1.54, 1.807) is 0 Å². The number of carbonyl (C=O) groups is 1. The van der Waals surface area contributed by atoms with E-state index in [2.05, 4.69) is 59.6 Å². The van der Waals surface area contributed by atoms with E-state index in [1.165, 1.54) is 30.4 Å². The highest BCUT2D eigenvalue weighted by atomic mass is 16.2. The third kappa shape index (κ3) is 4.46. The van der Waals surface area contributed by atoms with Crippen LogP contribution in [0.1, 0.15) is 50.2 Å². The van der Waals surface area contributed by atoms with Crippen LogP contribution in [0.4, 0.5) is 4.79 Å². The highest BCUT2D eigenvalue weighted by Crippen LogP contribution is 2.33. The molecule has 0 radical (unpaired) electrons. The summed E-state index contributed by atoms with van der Waals surface area (Å²) in [6, 6.07) is 21.0. The van der Waals surface area contributed by atoms with Gasteiger partial charge in [0.05, 0.1) is 5.54 Å². The second-order valence-electron chi connectivity index (χ2n) is 7.40. The monoisotopic (exact) mass is 350 g/mol. The maximum Gasteiger partial charge on any atom is 0.318 e. The smallest absolute Gasteiger partial charge is 0.318 e. The lowest BCUT2D eigenvalue weighted by Gasteiger charge is -2.38. The third-order valence-electron chi connectivity index (χ3n) is 5.54. The predicted molar refractivity (Wildman–Crippen MR) is 107 cm³/mol. The fourth-order valence-electron chi connectivity index (χ4n) is 3.95. The standard InChI is InChI=1S/C23H30N2O/c1-2-3-10-16-23(17-15-20-11-6-4-7-12-20)19-24-22(26)25(23)18-21-13-8-5-9-14-21/h4-9,11-14H,2-3,10,15-19H2,1H3,(H,24,26). The summed E-state index contributed by atoms with van der Waals surface area (Å²) in [6.07, 6.45) is 6.68. The second kappa shape index (κ2) is 8.88. The van der Waals surface area contributed by atoms with Crippen molar-refractivity contribution < 1.29 is 4.79 Å². The Kier molecular flexibility index (Phi) is 6.32. The van der Waals surface area contributed by atoms with Gasteiger partial charge in [0.15, 0.2) is 0 Å². The first kappa shape index (κ1) is 18.5. The summed E-state index contributed by atoms with van der Waals surface area (Å²) in [6.45, 7) is 3.68. The van der Waals surface area contributed by atoms with Crippen molar-refractivity contribution in [2.75, 3.05) is 6.54 Å². The molecule has 1 saturated heterocycles. The largest absolute Gasteiger partial charge is 0.336 e. The Morgan fingerprint density at radius 3 is 2.23 bits per heavy atom. The number of urea groups is 1. The van der Waals surface area contributed by atoms with Crippen LogP contribution in [0.5, 0.6) is 0 Å². The second-order valence-corrected chi connectivity index (χ2v) is 7.40. The zero-order chi connectivity index (χ0) is 18.2. The minimum Gasteiger partial charge on any atom is -0.336 e. The van der Waals surface area contributed by atoms with E-state index in [-0.39, 0.29) is 11.6 Å². The average Bonchev–Trinajstić information content (AvgIpc) is 2.99. The van der Waals surface area contributed by atoms with E-state index in [1.807, 2.05) is 18.2 Å². The van der Waals surface area contributed by atoms with E-state index in [0.717, 1.165) is 25.8 Å². The van der Waals surface area contributed by atoms with Crippen molar-refractivity contribution in [2.24, 2.45) is 0 Å². The number of unbranched alkanes of at least 4 members (excludes halogenated alkanes) is 2. The molecule has 1 atom stereocenters. The van der Waals surface area contributed by atoms with Crippen LogP contribution >= 0.6 is 0 Å². The van der Waals surface area contributed by atoms with Gasteiger partial charge in [-0.1, -0.05) is 86.8 Å². The van der Waals surface area contributed by atoms with Crippen LogP contribution in [0.25, 0.3) is 0 Å². The molecule has 1 heterocycles. The molecular weight excluding hydrogens is 320 g/mol. The number of aryl methyl sites for hydroxylation is 1. The first-order valence-corrected chi connectivity index (χ1v) is 9.87. The normalized spacial score (nSPS) is 19.6. The summed E-state index contributed by atoms with van der Waals surface area (Å²) in [5.41, 5.74) is 2.46. The SMILES string of the molecule is CCCCCC1(CCc2ccccc2)CNC(=O)N1Cc1ccccc1. The van der Waals surface area contributed by atoms with E-state index in [4.69, 9.17) is 0 Å². The number of amides is 2. The van der Waals surface area contributed by atoms with E-state index >= 15 is 0 Å². The molecule has 1 N–H and O–H groups in total. The summed E-state index contributed by atoms with van der Waals surface area (Å²) in [5.74, 6) is 0. The van der Waals surface area contributed by atoms with Gasteiger partial charge in [-0.15, -0.1) is 0 Å². The maximum atomic E-state index is 12.7. The van der Waals surface area contributed by atoms with Crippen molar-refractivity contribution >= 4 is 6.03 Å². The maximum absolute atomic E-state index is 12.7. The summed E-state index contributed by atoms with van der Waals surface area (Å²) in [7, 11) is 0. The van der Waals surface area contributed by atoms with Crippen molar-refractivity contribution in [3.8, 4) is 0 Å². The highest BCUT2D eigenvalue weighted by molar-refractivity contribution is 5.78. The minimum absolute atomic E-state index is 0.0819. The lowest BCUT2D eigenvalue weighted by molar-refractivity contribution is 0.130. The highest BCUT2D eigenvalue weighted by Gasteiger charge is 2.44. The lowest BCUT2D eigenvalue weighted by atomic mass is 9.85. The van der Waals surface area contributed by atoms with Gasteiger partial charge in [-0.25, -0.2) is 4.79 Å². The first-order valence-electron chi connectivity index (χ1n) is 9.87. The molecule has 3 nitrogen and oxygen atoms in total. The van der Waals surface area contributed by atoms with Crippen LogP contribution in [0.2, 0.25) is 0 Å². The Labute approximate surface area is 157 Å². The molecule has 1 aliphatic heterocycles. The van der Waals surface area contributed by atoms with Gasteiger partial charge in [0, 0.05) is 13.1 Å². The number of benzene rings is 2. The number of carbonyl (C=O) groups excluding carboxylic acids is 1. The molecule has 138 valence electrons. The molecule has 1 fully saturated rings. The fourth-order valence-corrected chi connectivity index (χ4v) is 3.95. The molecule has 26 heavy (non-hydrogen) atoms. The van der Waals surface area contributed by atoms with E-state index in [0.29, 0.717) is 6.54 Å². The molecule has 0 bridgehead atoms. The topological polar surface area (TPSA) is 32.3 Å². The minimum atomic E-state index is -0.0854. The van der Waals surface area contributed by atoms with Gasteiger partial charge in [0.25, 0.3) is 0 Å². The molecule has 0 aliphatic carbocycles. The van der Waals surface area contributed by atoms with Crippen LogP contribution < -0.4 is 5.32 Å². The summed E-state index contributed by atoms with van der Waals surface area (Å²) in [4.78, 5) is 14.8. The summed E-state index contributed by atoms with van der Waals surface area (Å²) in [5, 5.41) is 3.13. The number of nitrogens with one attached hydrogen (secondary N) is 1. The Morgan fingerprint density at radius 1 is 0.923 bits per heavy atom. The van der Waals surface area contributed by atoms with Gasteiger partial charge in [-0.3, -0.25) is 0 Å². The van der Waals surface area contributed by atoms with Crippen LogP contribution in [-0.2, 0) is 13.0 Å². The molecule has 0 saturated carbocycles. The molecule has 0 spiro atoms. The van der Waals surface area contributed by atoms with Crippen molar-refractivity contribution in [1.82, 2.24) is 10.2 Å². The molecule has 1 aliphatic rings. The average molecular weight is 351 g/mol. The zero-order valence-electron chi connectivity index (χ0n) is 15.8. The van der Waals surface area contributed by atoms with Gasteiger partial charge >= 0.3 is 6.03 Å². The molecule has 3 rings (SSSR count). The molecule has 2 amide bonds. The Bertz CT molecular complexity index is 686. The molecule has 1 unspecified atom stereocenters. The quantitative estimate of drug-likeness (QED) is 0.622. The fraction of sp³-hybridized carbons (Fsp3) is 0.435. The number of hydrogen-bond acceptors (Lipinski definition) is 1. The Morgan fingerprint density at radius 2 is 1.58 bits per heavy atom. The van der Waals surface area contributed by atoms with Crippen molar-refractivity contribution in [3.05, 3.63) is 71.8 Å². The van der Waals surface area contributed by atoms with Crippen LogP contribution in [0, 0.1) is 0 Å². The zero-order valence-corrected chi connectivity index (χ0v) is 15.8. The lowest BCUT2D eigenvalue weighted by Crippen LogP contribution is -2.47. The molecular formula is C23H30N2O. The van der Waals surface area contributed by atoms with E-state index in [9.17, 15) is 4.79 Å². The van der Waals surface area contributed by atoms with E-state index < -0.39 is 0 Å². The molecule has 2 aromatic carbocycles. The van der Waals surface area contributed by atoms with Crippen molar-refractivity contribution in [2.45, 2.75) is 57.5 Å². The number of hydrogen-bond donors (Lipinski definition) is 1. The first-order chi connectivity index (χ1) is 12.7. The molecule has 2 aromatic rings. The van der Waals surface area contributed by atoms with Gasteiger partial charge in [-0.2, -0.15) is 0 Å². The molecule has 0 aromatic heterocycles. The molecule has 3 heteroatoms. The number of nitrogens with zero attached hydrogens (tertiary/aromatic N) is 1. The van der Waals surface area contributed by atoms with Crippen LogP contribution in [0.3, 0.4) is 0 Å². The van der Waals surface area contributed by atoms with Crippen molar-refractivity contribution in [1.29, 1.82) is 0 Å².